The van der Waals surface area contributed by atoms with E-state index in [4.69, 9.17) is 4.52 Å². The standard InChI is InChI=1S/C8H14IO2P/c1-2-5-8(10)6-3-4-7-11-12-9/h8,10,12H,2,5-7H2,1H3. The summed E-state index contributed by atoms with van der Waals surface area (Å²) in [6.07, 6.45) is 2.16. The van der Waals surface area contributed by atoms with Crippen molar-refractivity contribution in [1.82, 2.24) is 0 Å². The van der Waals surface area contributed by atoms with Gasteiger partial charge in [0.05, 0.1) is 12.6 Å². The zero-order valence-electron chi connectivity index (χ0n) is 7.14. The first kappa shape index (κ1) is 12.6. The van der Waals surface area contributed by atoms with Crippen molar-refractivity contribution >= 4 is 28.5 Å². The van der Waals surface area contributed by atoms with Crippen molar-refractivity contribution in [2.75, 3.05) is 6.61 Å². The van der Waals surface area contributed by atoms with Crippen LogP contribution >= 0.6 is 28.5 Å². The average Bonchev–Trinajstić information content (AvgIpc) is 2.05. The second-order valence-corrected chi connectivity index (χ2v) is 4.13. The third kappa shape index (κ3) is 8.73. The highest BCUT2D eigenvalue weighted by Crippen LogP contribution is 2.20. The van der Waals surface area contributed by atoms with E-state index in [0.29, 0.717) is 19.5 Å². The molecule has 0 fully saturated rings. The molecule has 12 heavy (non-hydrogen) atoms. The smallest absolute Gasteiger partial charge is 0.112 e. The van der Waals surface area contributed by atoms with E-state index in [1.807, 2.05) is 0 Å². The highest BCUT2D eigenvalue weighted by Gasteiger charge is 1.97. The summed E-state index contributed by atoms with van der Waals surface area (Å²) in [5.41, 5.74) is 0. The van der Waals surface area contributed by atoms with Crippen molar-refractivity contribution in [2.24, 2.45) is 0 Å². The molecule has 0 saturated heterocycles. The molecule has 0 rings (SSSR count). The van der Waals surface area contributed by atoms with Gasteiger partial charge in [0.1, 0.15) is 6.61 Å². The Hall–Kier alpha value is 0.640. The molecule has 0 aliphatic heterocycles. The third-order valence-electron chi connectivity index (χ3n) is 1.28. The fourth-order valence-corrected chi connectivity index (χ4v) is 1.33. The maximum absolute atomic E-state index is 9.26. The molecule has 2 unspecified atom stereocenters. The Labute approximate surface area is 88.8 Å². The number of rotatable bonds is 5. The van der Waals surface area contributed by atoms with Crippen LogP contribution in [0.25, 0.3) is 0 Å². The van der Waals surface area contributed by atoms with E-state index in [-0.39, 0.29) is 6.10 Å². The van der Waals surface area contributed by atoms with E-state index in [0.717, 1.165) is 12.8 Å². The molecule has 2 atom stereocenters. The number of hydrogen-bond acceptors (Lipinski definition) is 2. The van der Waals surface area contributed by atoms with Crippen LogP contribution in [0.1, 0.15) is 26.2 Å². The van der Waals surface area contributed by atoms with Crippen LogP contribution in [-0.4, -0.2) is 17.8 Å². The van der Waals surface area contributed by atoms with Crippen LogP contribution < -0.4 is 0 Å². The molecule has 0 aromatic heterocycles. The van der Waals surface area contributed by atoms with Crippen LogP contribution in [-0.2, 0) is 4.52 Å². The molecule has 0 aliphatic carbocycles. The van der Waals surface area contributed by atoms with Crippen molar-refractivity contribution < 1.29 is 9.63 Å². The monoisotopic (exact) mass is 300 g/mol. The topological polar surface area (TPSA) is 29.5 Å². The maximum Gasteiger partial charge on any atom is 0.112 e. The Balaban J connectivity index is 3.29. The zero-order chi connectivity index (χ0) is 9.23. The summed E-state index contributed by atoms with van der Waals surface area (Å²) in [7, 11) is 0. The molecule has 4 heteroatoms. The average molecular weight is 300 g/mol. The molecule has 0 aromatic carbocycles. The van der Waals surface area contributed by atoms with E-state index < -0.39 is 0 Å². The zero-order valence-corrected chi connectivity index (χ0v) is 10.3. The van der Waals surface area contributed by atoms with Crippen LogP contribution in [0.15, 0.2) is 0 Å². The first-order valence-electron chi connectivity index (χ1n) is 3.92. The van der Waals surface area contributed by atoms with Crippen LogP contribution in [0.5, 0.6) is 0 Å². The van der Waals surface area contributed by atoms with E-state index in [1.165, 1.54) is 0 Å². The van der Waals surface area contributed by atoms with Gasteiger partial charge in [-0.2, -0.15) is 0 Å². The minimum atomic E-state index is -0.260. The van der Waals surface area contributed by atoms with Gasteiger partial charge in [0, 0.05) is 6.42 Å². The van der Waals surface area contributed by atoms with E-state index >= 15 is 0 Å². The van der Waals surface area contributed by atoms with Crippen LogP contribution in [0.2, 0.25) is 0 Å². The minimum Gasteiger partial charge on any atom is -0.392 e. The Kier molecular flexibility index (Phi) is 10.2. The highest BCUT2D eigenvalue weighted by atomic mass is 127. The van der Waals surface area contributed by atoms with Crippen molar-refractivity contribution in [3.8, 4) is 11.8 Å². The summed E-state index contributed by atoms with van der Waals surface area (Å²) in [5.74, 6) is 5.73. The first-order chi connectivity index (χ1) is 5.81. The predicted molar refractivity (Wildman–Crippen MR) is 61.6 cm³/mol. The summed E-state index contributed by atoms with van der Waals surface area (Å²) in [6.45, 7) is 3.01. The number of halogens is 1. The Morgan fingerprint density at radius 2 is 2.33 bits per heavy atom. The number of hydrogen-bond donors (Lipinski definition) is 1. The lowest BCUT2D eigenvalue weighted by Gasteiger charge is -2.02. The predicted octanol–water partition coefficient (Wildman–Crippen LogP) is 2.50. The summed E-state index contributed by atoms with van der Waals surface area (Å²) in [4.78, 5) is 0. The summed E-state index contributed by atoms with van der Waals surface area (Å²) < 4.78 is 5.03. The van der Waals surface area contributed by atoms with Crippen molar-refractivity contribution in [3.05, 3.63) is 0 Å². The summed E-state index contributed by atoms with van der Waals surface area (Å²) in [6, 6.07) is 0. The van der Waals surface area contributed by atoms with Gasteiger partial charge in [-0.05, 0) is 28.5 Å². The second-order valence-electron chi connectivity index (χ2n) is 2.37. The molecular weight excluding hydrogens is 286 g/mol. The van der Waals surface area contributed by atoms with Crippen LogP contribution in [0, 0.1) is 11.8 Å². The fourth-order valence-electron chi connectivity index (χ4n) is 0.740. The normalized spacial score (nSPS) is 12.9. The largest absolute Gasteiger partial charge is 0.392 e. The minimum absolute atomic E-state index is 0.260. The van der Waals surface area contributed by atoms with E-state index in [9.17, 15) is 5.11 Å². The van der Waals surface area contributed by atoms with Gasteiger partial charge in [-0.1, -0.05) is 25.2 Å². The summed E-state index contributed by atoms with van der Waals surface area (Å²) in [5, 5.41) is 9.26. The maximum atomic E-state index is 9.26. The third-order valence-corrected chi connectivity index (χ3v) is 2.47. The summed E-state index contributed by atoms with van der Waals surface area (Å²) >= 11 is 2.15. The van der Waals surface area contributed by atoms with Crippen molar-refractivity contribution in [1.29, 1.82) is 0 Å². The van der Waals surface area contributed by atoms with Gasteiger partial charge in [0.15, 0.2) is 0 Å². The Morgan fingerprint density at radius 3 is 2.92 bits per heavy atom. The quantitative estimate of drug-likeness (QED) is 0.366. The number of aliphatic hydroxyl groups excluding tert-OH is 1. The molecule has 0 aliphatic rings. The second kappa shape index (κ2) is 9.73. The Morgan fingerprint density at radius 1 is 1.58 bits per heavy atom. The molecule has 70 valence electrons. The van der Waals surface area contributed by atoms with Gasteiger partial charge >= 0.3 is 0 Å². The van der Waals surface area contributed by atoms with Crippen molar-refractivity contribution in [2.45, 2.75) is 32.3 Å². The lowest BCUT2D eigenvalue weighted by atomic mass is 10.1. The molecule has 0 amide bonds. The molecule has 1 N–H and O–H groups in total. The molecule has 0 saturated carbocycles. The van der Waals surface area contributed by atoms with Crippen LogP contribution in [0.3, 0.4) is 0 Å². The van der Waals surface area contributed by atoms with Crippen molar-refractivity contribution in [3.63, 3.8) is 0 Å². The lowest BCUT2D eigenvalue weighted by Crippen LogP contribution is -2.03. The van der Waals surface area contributed by atoms with Gasteiger partial charge in [0.2, 0.25) is 0 Å². The van der Waals surface area contributed by atoms with Gasteiger partial charge in [-0.3, -0.25) is 0 Å². The fraction of sp³-hybridized carbons (Fsp3) is 0.750. The molecule has 0 radical (unpaired) electrons. The van der Waals surface area contributed by atoms with Gasteiger partial charge in [-0.25, -0.2) is 0 Å². The molecule has 0 spiro atoms. The molecule has 2 nitrogen and oxygen atoms in total. The van der Waals surface area contributed by atoms with Gasteiger partial charge in [0.25, 0.3) is 0 Å². The SMILES string of the molecule is CCCC(O)CC#CCOPI. The molecule has 0 heterocycles. The highest BCUT2D eigenvalue weighted by molar-refractivity contribution is 14.2. The molecule has 0 aromatic rings. The number of aliphatic hydroxyl groups is 1. The van der Waals surface area contributed by atoms with Gasteiger partial charge in [-0.15, -0.1) is 0 Å². The molecular formula is C8H14IO2P. The molecule has 0 bridgehead atoms. The first-order valence-corrected chi connectivity index (χ1v) is 7.94. The van der Waals surface area contributed by atoms with E-state index in [2.05, 4.69) is 40.8 Å². The lowest BCUT2D eigenvalue weighted by molar-refractivity contribution is 0.169. The Bertz CT molecular complexity index is 153. The van der Waals surface area contributed by atoms with Crippen LogP contribution in [0.4, 0.5) is 0 Å². The van der Waals surface area contributed by atoms with Gasteiger partial charge < -0.3 is 9.63 Å². The van der Waals surface area contributed by atoms with E-state index in [1.54, 1.807) is 0 Å².